The van der Waals surface area contributed by atoms with Crippen molar-refractivity contribution in [3.8, 4) is 11.5 Å². The van der Waals surface area contributed by atoms with Crippen molar-refractivity contribution in [1.82, 2.24) is 9.88 Å². The maximum absolute atomic E-state index is 12.7. The Morgan fingerprint density at radius 1 is 1.16 bits per heavy atom. The molecule has 0 saturated heterocycles. The van der Waals surface area contributed by atoms with Crippen LogP contribution in [0.3, 0.4) is 0 Å². The molecule has 3 N–H and O–H groups in total. The van der Waals surface area contributed by atoms with Crippen LogP contribution in [0.25, 0.3) is 10.9 Å². The Hall–Kier alpha value is -3.10. The number of pyridine rings is 1. The van der Waals surface area contributed by atoms with Crippen molar-refractivity contribution in [3.63, 3.8) is 0 Å². The van der Waals surface area contributed by atoms with Gasteiger partial charge >= 0.3 is 0 Å². The smallest absolute Gasteiger partial charge is 0.253 e. The lowest BCUT2D eigenvalue weighted by Crippen LogP contribution is -2.37. The van der Waals surface area contributed by atoms with Gasteiger partial charge in [-0.05, 0) is 74.1 Å². The van der Waals surface area contributed by atoms with E-state index in [0.29, 0.717) is 36.8 Å². The number of aromatic nitrogens is 1. The van der Waals surface area contributed by atoms with Gasteiger partial charge in [0.1, 0.15) is 11.5 Å². The molecular formula is C23H27N3O4S. The molecule has 0 atom stereocenters. The molecule has 31 heavy (non-hydrogen) atoms. The largest absolute Gasteiger partial charge is 0.497 e. The van der Waals surface area contributed by atoms with E-state index in [2.05, 4.69) is 10.3 Å². The summed E-state index contributed by atoms with van der Waals surface area (Å²) >= 11 is 5.60. The highest BCUT2D eigenvalue weighted by Gasteiger charge is 2.14. The average Bonchev–Trinajstić information content (AvgIpc) is 2.77. The topological polar surface area (TPSA) is 86.8 Å². The second-order valence-electron chi connectivity index (χ2n) is 6.96. The van der Waals surface area contributed by atoms with E-state index in [4.69, 9.17) is 21.7 Å². The third-order valence-corrected chi connectivity index (χ3v) is 5.14. The summed E-state index contributed by atoms with van der Waals surface area (Å²) in [6.07, 6.45) is 0.532. The molecule has 1 aromatic heterocycles. The number of anilines is 1. The van der Waals surface area contributed by atoms with Crippen molar-refractivity contribution < 1.29 is 14.6 Å². The number of aromatic amines is 1. The van der Waals surface area contributed by atoms with Gasteiger partial charge in [0.05, 0.1) is 20.3 Å². The van der Waals surface area contributed by atoms with Crippen LogP contribution in [0.4, 0.5) is 5.69 Å². The van der Waals surface area contributed by atoms with Crippen LogP contribution in [-0.2, 0) is 6.54 Å². The molecule has 0 bridgehead atoms. The summed E-state index contributed by atoms with van der Waals surface area (Å²) in [6.45, 7) is 3.36. The SMILES string of the molecule is CCOc1ccc2[nH]c(=O)c(CN(CCCO)C(=S)Nc3ccc(OC)cc3)cc2c1. The van der Waals surface area contributed by atoms with Gasteiger partial charge in [0.2, 0.25) is 0 Å². The molecule has 164 valence electrons. The van der Waals surface area contributed by atoms with Crippen molar-refractivity contribution in [2.45, 2.75) is 19.9 Å². The number of methoxy groups -OCH3 is 1. The first kappa shape index (κ1) is 22.6. The number of H-pyrrole nitrogens is 1. The Morgan fingerprint density at radius 3 is 2.58 bits per heavy atom. The van der Waals surface area contributed by atoms with Crippen LogP contribution in [0, 0.1) is 0 Å². The fourth-order valence-corrected chi connectivity index (χ4v) is 3.47. The minimum Gasteiger partial charge on any atom is -0.497 e. The maximum Gasteiger partial charge on any atom is 0.253 e. The zero-order valence-corrected chi connectivity index (χ0v) is 18.5. The fourth-order valence-electron chi connectivity index (χ4n) is 3.20. The molecular weight excluding hydrogens is 414 g/mol. The van der Waals surface area contributed by atoms with Gasteiger partial charge in [-0.2, -0.15) is 0 Å². The fraction of sp³-hybridized carbons (Fsp3) is 0.304. The number of hydrogen-bond acceptors (Lipinski definition) is 5. The summed E-state index contributed by atoms with van der Waals surface area (Å²) in [7, 11) is 1.61. The predicted octanol–water partition coefficient (Wildman–Crippen LogP) is 3.52. The first-order valence-electron chi connectivity index (χ1n) is 10.1. The van der Waals surface area contributed by atoms with E-state index in [0.717, 1.165) is 28.1 Å². The quantitative estimate of drug-likeness (QED) is 0.438. The molecule has 0 saturated carbocycles. The second-order valence-corrected chi connectivity index (χ2v) is 7.35. The Bertz CT molecular complexity index is 1080. The summed E-state index contributed by atoms with van der Waals surface area (Å²) in [4.78, 5) is 17.5. The first-order valence-corrected chi connectivity index (χ1v) is 10.5. The van der Waals surface area contributed by atoms with E-state index in [1.165, 1.54) is 0 Å². The highest BCUT2D eigenvalue weighted by atomic mass is 32.1. The van der Waals surface area contributed by atoms with Crippen molar-refractivity contribution in [1.29, 1.82) is 0 Å². The lowest BCUT2D eigenvalue weighted by atomic mass is 10.1. The molecule has 1 heterocycles. The monoisotopic (exact) mass is 441 g/mol. The molecule has 3 aromatic rings. The van der Waals surface area contributed by atoms with Gasteiger partial charge in [0, 0.05) is 35.3 Å². The molecule has 2 aromatic carbocycles. The highest BCUT2D eigenvalue weighted by molar-refractivity contribution is 7.80. The summed E-state index contributed by atoms with van der Waals surface area (Å²) in [5.41, 5.74) is 1.97. The summed E-state index contributed by atoms with van der Waals surface area (Å²) in [5, 5.41) is 13.9. The number of hydrogen-bond donors (Lipinski definition) is 3. The van der Waals surface area contributed by atoms with Crippen LogP contribution in [0.1, 0.15) is 18.9 Å². The predicted molar refractivity (Wildman–Crippen MR) is 127 cm³/mol. The van der Waals surface area contributed by atoms with E-state index >= 15 is 0 Å². The molecule has 8 heteroatoms. The number of rotatable bonds is 9. The van der Waals surface area contributed by atoms with Gasteiger partial charge in [0.15, 0.2) is 5.11 Å². The number of nitrogens with one attached hydrogen (secondary N) is 2. The lowest BCUT2D eigenvalue weighted by Gasteiger charge is -2.25. The van der Waals surface area contributed by atoms with Crippen LogP contribution >= 0.6 is 12.2 Å². The van der Waals surface area contributed by atoms with Crippen LogP contribution in [0.5, 0.6) is 11.5 Å². The number of fused-ring (bicyclic) bond motifs is 1. The van der Waals surface area contributed by atoms with Gasteiger partial charge in [0.25, 0.3) is 5.56 Å². The van der Waals surface area contributed by atoms with Crippen LogP contribution < -0.4 is 20.3 Å². The minimum absolute atomic E-state index is 0.0352. The zero-order chi connectivity index (χ0) is 22.2. The van der Waals surface area contributed by atoms with Gasteiger partial charge in [-0.15, -0.1) is 0 Å². The number of benzene rings is 2. The van der Waals surface area contributed by atoms with Crippen molar-refractivity contribution in [2.75, 3.05) is 32.2 Å². The summed E-state index contributed by atoms with van der Waals surface area (Å²) in [6, 6.07) is 14.9. The third-order valence-electron chi connectivity index (χ3n) is 4.78. The maximum atomic E-state index is 12.7. The molecule has 0 aliphatic heterocycles. The molecule has 7 nitrogen and oxygen atoms in total. The second kappa shape index (κ2) is 10.8. The Balaban J connectivity index is 1.83. The number of nitrogens with zero attached hydrogens (tertiary/aromatic N) is 1. The Kier molecular flexibility index (Phi) is 7.86. The summed E-state index contributed by atoms with van der Waals surface area (Å²) in [5.74, 6) is 1.50. The van der Waals surface area contributed by atoms with Gasteiger partial charge < -0.3 is 29.8 Å². The third kappa shape index (κ3) is 5.96. The van der Waals surface area contributed by atoms with Crippen molar-refractivity contribution >= 4 is 33.9 Å². The Labute approximate surface area is 186 Å². The van der Waals surface area contributed by atoms with Gasteiger partial charge in [-0.3, -0.25) is 4.79 Å². The minimum atomic E-state index is -0.169. The number of ether oxygens (including phenoxy) is 2. The molecule has 3 rings (SSSR count). The average molecular weight is 442 g/mol. The van der Waals surface area contributed by atoms with E-state index in [1.54, 1.807) is 7.11 Å². The van der Waals surface area contributed by atoms with Crippen molar-refractivity contribution in [2.24, 2.45) is 0 Å². The van der Waals surface area contributed by atoms with Crippen LogP contribution in [0.15, 0.2) is 53.3 Å². The normalized spacial score (nSPS) is 10.7. The molecule has 0 aliphatic carbocycles. The van der Waals surface area contributed by atoms with Gasteiger partial charge in [-0.1, -0.05) is 0 Å². The summed E-state index contributed by atoms with van der Waals surface area (Å²) < 4.78 is 10.7. The van der Waals surface area contributed by atoms with Crippen LogP contribution in [-0.4, -0.2) is 47.0 Å². The zero-order valence-electron chi connectivity index (χ0n) is 17.7. The number of aliphatic hydroxyl groups excluding tert-OH is 1. The molecule has 0 unspecified atom stereocenters. The molecule has 0 radical (unpaired) electrons. The van der Waals surface area contributed by atoms with E-state index in [1.807, 2.05) is 60.4 Å². The highest BCUT2D eigenvalue weighted by Crippen LogP contribution is 2.20. The van der Waals surface area contributed by atoms with Gasteiger partial charge in [-0.25, -0.2) is 0 Å². The standard InChI is InChI=1S/C23H27N3O4S/c1-3-30-20-9-10-21-16(14-20)13-17(22(28)25-21)15-26(11-4-12-27)23(31)24-18-5-7-19(29-2)8-6-18/h5-10,13-14,27H,3-4,11-12,15H2,1-2H3,(H,24,31)(H,25,28). The van der Waals surface area contributed by atoms with E-state index in [9.17, 15) is 9.90 Å². The molecule has 0 amide bonds. The van der Waals surface area contributed by atoms with E-state index < -0.39 is 0 Å². The number of thiocarbonyl (C=S) groups is 1. The van der Waals surface area contributed by atoms with E-state index in [-0.39, 0.29) is 12.2 Å². The molecule has 0 spiro atoms. The number of aliphatic hydroxyl groups is 1. The van der Waals surface area contributed by atoms with Crippen LogP contribution in [0.2, 0.25) is 0 Å². The van der Waals surface area contributed by atoms with Crippen molar-refractivity contribution in [3.05, 3.63) is 64.4 Å². The first-order chi connectivity index (χ1) is 15.0. The lowest BCUT2D eigenvalue weighted by molar-refractivity contribution is 0.265. The molecule has 0 aliphatic rings. The molecule has 0 fully saturated rings. The Morgan fingerprint density at radius 2 is 1.90 bits per heavy atom.